The third-order valence-electron chi connectivity index (χ3n) is 3.35. The van der Waals surface area contributed by atoms with E-state index in [9.17, 15) is 9.90 Å². The van der Waals surface area contributed by atoms with Gasteiger partial charge in [-0.05, 0) is 45.1 Å². The highest BCUT2D eigenvalue weighted by Crippen LogP contribution is 2.18. The zero-order chi connectivity index (χ0) is 14.7. The monoisotopic (exact) mass is 268 g/mol. The molecule has 0 aromatic carbocycles. The summed E-state index contributed by atoms with van der Waals surface area (Å²) in [5.41, 5.74) is -0.551. The van der Waals surface area contributed by atoms with Crippen LogP contribution in [0.4, 0.5) is 0 Å². The standard InChI is InChI=1S/C17H32O2/c1-5-6-7-12-16(18)13-8-10-15(2)11-9-14-17(3,4)19/h8,13,15,19H,5-7,9-12,14H2,1-4H3/b13-8+/t15-/m0/s1. The fourth-order valence-electron chi connectivity index (χ4n) is 2.07. The second-order valence-electron chi connectivity index (χ2n) is 6.37. The van der Waals surface area contributed by atoms with E-state index in [0.717, 1.165) is 44.9 Å². The van der Waals surface area contributed by atoms with Gasteiger partial charge in [-0.2, -0.15) is 0 Å². The zero-order valence-electron chi connectivity index (χ0n) is 13.2. The molecule has 2 nitrogen and oxygen atoms in total. The van der Waals surface area contributed by atoms with Crippen LogP contribution in [-0.4, -0.2) is 16.5 Å². The maximum absolute atomic E-state index is 11.5. The molecule has 0 saturated heterocycles. The van der Waals surface area contributed by atoms with Gasteiger partial charge in [0.05, 0.1) is 5.60 Å². The fraction of sp³-hybridized carbons (Fsp3) is 0.824. The highest BCUT2D eigenvalue weighted by molar-refractivity contribution is 5.89. The Morgan fingerprint density at radius 1 is 1.26 bits per heavy atom. The minimum atomic E-state index is -0.551. The Kier molecular flexibility index (Phi) is 9.85. The second kappa shape index (κ2) is 10.2. The van der Waals surface area contributed by atoms with Gasteiger partial charge in [-0.15, -0.1) is 0 Å². The largest absolute Gasteiger partial charge is 0.390 e. The van der Waals surface area contributed by atoms with Crippen molar-refractivity contribution in [2.24, 2.45) is 5.92 Å². The first-order valence-corrected chi connectivity index (χ1v) is 7.77. The lowest BCUT2D eigenvalue weighted by atomic mass is 9.95. The molecular formula is C17H32O2. The summed E-state index contributed by atoms with van der Waals surface area (Å²) in [6.45, 7) is 8.06. The third-order valence-corrected chi connectivity index (χ3v) is 3.35. The van der Waals surface area contributed by atoms with Crippen molar-refractivity contribution in [2.75, 3.05) is 0 Å². The molecule has 0 fully saturated rings. The maximum Gasteiger partial charge on any atom is 0.155 e. The van der Waals surface area contributed by atoms with E-state index in [4.69, 9.17) is 0 Å². The predicted molar refractivity (Wildman–Crippen MR) is 82.2 cm³/mol. The van der Waals surface area contributed by atoms with Crippen LogP contribution in [0, 0.1) is 5.92 Å². The van der Waals surface area contributed by atoms with Crippen molar-refractivity contribution >= 4 is 5.78 Å². The molecule has 19 heavy (non-hydrogen) atoms. The maximum atomic E-state index is 11.5. The molecule has 0 saturated carbocycles. The van der Waals surface area contributed by atoms with Gasteiger partial charge < -0.3 is 5.11 Å². The van der Waals surface area contributed by atoms with E-state index in [1.165, 1.54) is 0 Å². The lowest BCUT2D eigenvalue weighted by Crippen LogP contribution is -2.18. The molecule has 0 aromatic heterocycles. The Labute approximate surface area is 119 Å². The van der Waals surface area contributed by atoms with Crippen LogP contribution >= 0.6 is 0 Å². The topological polar surface area (TPSA) is 37.3 Å². The van der Waals surface area contributed by atoms with Crippen LogP contribution in [0.1, 0.15) is 79.1 Å². The molecule has 1 N–H and O–H groups in total. The number of unbranched alkanes of at least 4 members (excludes halogenated alkanes) is 2. The van der Waals surface area contributed by atoms with E-state index in [2.05, 4.69) is 13.8 Å². The van der Waals surface area contributed by atoms with Gasteiger partial charge in [-0.1, -0.05) is 45.6 Å². The van der Waals surface area contributed by atoms with E-state index in [0.29, 0.717) is 12.3 Å². The van der Waals surface area contributed by atoms with Gasteiger partial charge in [0.25, 0.3) is 0 Å². The van der Waals surface area contributed by atoms with Crippen LogP contribution in [0.15, 0.2) is 12.2 Å². The number of aliphatic hydroxyl groups is 1. The van der Waals surface area contributed by atoms with Gasteiger partial charge in [0.1, 0.15) is 0 Å². The van der Waals surface area contributed by atoms with Crippen molar-refractivity contribution in [1.29, 1.82) is 0 Å². The number of carbonyl (C=O) groups excluding carboxylic acids is 1. The molecule has 0 radical (unpaired) electrons. The fourth-order valence-corrected chi connectivity index (χ4v) is 2.07. The summed E-state index contributed by atoms with van der Waals surface area (Å²) in [6, 6.07) is 0. The summed E-state index contributed by atoms with van der Waals surface area (Å²) in [5, 5.41) is 9.62. The summed E-state index contributed by atoms with van der Waals surface area (Å²) in [4.78, 5) is 11.5. The summed E-state index contributed by atoms with van der Waals surface area (Å²) in [5.74, 6) is 0.846. The number of hydrogen-bond donors (Lipinski definition) is 1. The Morgan fingerprint density at radius 3 is 2.53 bits per heavy atom. The molecule has 0 bridgehead atoms. The van der Waals surface area contributed by atoms with Crippen molar-refractivity contribution in [3.05, 3.63) is 12.2 Å². The van der Waals surface area contributed by atoms with Gasteiger partial charge in [0.15, 0.2) is 5.78 Å². The van der Waals surface area contributed by atoms with E-state index >= 15 is 0 Å². The molecule has 0 aromatic rings. The smallest absolute Gasteiger partial charge is 0.155 e. The molecule has 0 rings (SSSR count). The van der Waals surface area contributed by atoms with Gasteiger partial charge >= 0.3 is 0 Å². The summed E-state index contributed by atoms with van der Waals surface area (Å²) < 4.78 is 0. The van der Waals surface area contributed by atoms with Gasteiger partial charge in [0, 0.05) is 6.42 Å². The molecule has 1 atom stereocenters. The van der Waals surface area contributed by atoms with Crippen LogP contribution in [0.3, 0.4) is 0 Å². The average Bonchev–Trinajstić information content (AvgIpc) is 2.27. The van der Waals surface area contributed by atoms with Crippen molar-refractivity contribution in [2.45, 2.75) is 84.7 Å². The Balaban J connectivity index is 3.65. The Hall–Kier alpha value is -0.630. The molecule has 0 heterocycles. The third kappa shape index (κ3) is 13.6. The van der Waals surface area contributed by atoms with E-state index in [1.54, 1.807) is 6.08 Å². The van der Waals surface area contributed by atoms with Crippen molar-refractivity contribution < 1.29 is 9.90 Å². The molecule has 0 amide bonds. The van der Waals surface area contributed by atoms with Crippen LogP contribution in [-0.2, 0) is 4.79 Å². The Bertz CT molecular complexity index is 261. The predicted octanol–water partition coefficient (Wildman–Crippen LogP) is 4.66. The van der Waals surface area contributed by atoms with E-state index < -0.39 is 5.60 Å². The SMILES string of the molecule is CCCCCC(=O)/C=C/C[C@H](C)CCCC(C)(C)O. The second-order valence-corrected chi connectivity index (χ2v) is 6.37. The summed E-state index contributed by atoms with van der Waals surface area (Å²) >= 11 is 0. The normalized spacial score (nSPS) is 13.9. The van der Waals surface area contributed by atoms with Crippen molar-refractivity contribution in [3.8, 4) is 0 Å². The molecule has 0 spiro atoms. The number of rotatable bonds is 11. The highest BCUT2D eigenvalue weighted by atomic mass is 16.3. The van der Waals surface area contributed by atoms with Crippen molar-refractivity contribution in [3.63, 3.8) is 0 Å². The first-order chi connectivity index (χ1) is 8.85. The van der Waals surface area contributed by atoms with Crippen LogP contribution in [0.5, 0.6) is 0 Å². The molecule has 2 heteroatoms. The van der Waals surface area contributed by atoms with E-state index in [-0.39, 0.29) is 5.78 Å². The number of carbonyl (C=O) groups is 1. The van der Waals surface area contributed by atoms with Gasteiger partial charge in [0.2, 0.25) is 0 Å². The molecule has 0 unspecified atom stereocenters. The summed E-state index contributed by atoms with van der Waals surface area (Å²) in [7, 11) is 0. The number of allylic oxidation sites excluding steroid dienone is 2. The van der Waals surface area contributed by atoms with Crippen LogP contribution < -0.4 is 0 Å². The zero-order valence-corrected chi connectivity index (χ0v) is 13.2. The van der Waals surface area contributed by atoms with Crippen molar-refractivity contribution in [1.82, 2.24) is 0 Å². The van der Waals surface area contributed by atoms with Gasteiger partial charge in [-0.25, -0.2) is 0 Å². The molecule has 0 aliphatic rings. The molecular weight excluding hydrogens is 236 g/mol. The quantitative estimate of drug-likeness (QED) is 0.437. The van der Waals surface area contributed by atoms with Crippen LogP contribution in [0.25, 0.3) is 0 Å². The minimum absolute atomic E-state index is 0.261. The summed E-state index contributed by atoms with van der Waals surface area (Å²) in [6.07, 6.45) is 11.7. The average molecular weight is 268 g/mol. The van der Waals surface area contributed by atoms with Crippen LogP contribution in [0.2, 0.25) is 0 Å². The number of ketones is 1. The first kappa shape index (κ1) is 18.4. The molecule has 112 valence electrons. The molecule has 0 aliphatic heterocycles. The molecule has 0 aliphatic carbocycles. The van der Waals surface area contributed by atoms with Gasteiger partial charge in [-0.3, -0.25) is 4.79 Å². The lowest BCUT2D eigenvalue weighted by Gasteiger charge is -2.17. The van der Waals surface area contributed by atoms with E-state index in [1.807, 2.05) is 19.9 Å². The highest BCUT2D eigenvalue weighted by Gasteiger charge is 2.12. The lowest BCUT2D eigenvalue weighted by molar-refractivity contribution is -0.114. The Morgan fingerprint density at radius 2 is 1.95 bits per heavy atom. The number of hydrogen-bond acceptors (Lipinski definition) is 2. The first-order valence-electron chi connectivity index (χ1n) is 7.77. The minimum Gasteiger partial charge on any atom is -0.390 e.